The summed E-state index contributed by atoms with van der Waals surface area (Å²) in [6.45, 7) is 4.94. The molecule has 6 heteroatoms. The Morgan fingerprint density at radius 3 is 0.845 bits per heavy atom. The summed E-state index contributed by atoms with van der Waals surface area (Å²) in [5.41, 5.74) is 0. The van der Waals surface area contributed by atoms with Crippen LogP contribution in [0, 0.1) is 0 Å². The van der Waals surface area contributed by atoms with E-state index in [1.165, 1.54) is 353 Å². The summed E-state index contributed by atoms with van der Waals surface area (Å²) in [7, 11) is 0. The van der Waals surface area contributed by atoms with Gasteiger partial charge in [-0.05, 0) is 83.5 Å². The highest BCUT2D eigenvalue weighted by atomic mass is 16.5. The first kappa shape index (κ1) is 82.1. The van der Waals surface area contributed by atoms with Crippen LogP contribution in [0.5, 0.6) is 0 Å². The Bertz CT molecular complexity index is 1360. The van der Waals surface area contributed by atoms with E-state index in [0.717, 1.165) is 44.9 Å². The summed E-state index contributed by atoms with van der Waals surface area (Å²) in [4.78, 5) is 24.6. The second-order valence-electron chi connectivity index (χ2n) is 26.3. The van der Waals surface area contributed by atoms with Gasteiger partial charge in [0.1, 0.15) is 0 Å². The highest BCUT2D eigenvalue weighted by molar-refractivity contribution is 5.76. The lowest BCUT2D eigenvalue weighted by atomic mass is 10.0. The van der Waals surface area contributed by atoms with Crippen LogP contribution in [0.15, 0.2) is 36.5 Å². The van der Waals surface area contributed by atoms with E-state index in [0.29, 0.717) is 19.4 Å². The zero-order valence-corrected chi connectivity index (χ0v) is 56.9. The number of aliphatic hydroxyl groups is 2. The lowest BCUT2D eigenvalue weighted by Gasteiger charge is -2.20. The van der Waals surface area contributed by atoms with Crippen molar-refractivity contribution < 1.29 is 24.5 Å². The maximum atomic E-state index is 12.5. The molecule has 3 N–H and O–H groups in total. The van der Waals surface area contributed by atoms with Crippen LogP contribution in [0.4, 0.5) is 0 Å². The Balaban J connectivity index is 3.40. The maximum Gasteiger partial charge on any atom is 0.305 e. The van der Waals surface area contributed by atoms with Gasteiger partial charge in [0.15, 0.2) is 0 Å². The van der Waals surface area contributed by atoms with E-state index in [1.807, 2.05) is 6.08 Å². The van der Waals surface area contributed by atoms with Crippen LogP contribution < -0.4 is 5.32 Å². The molecular formula is C78H149NO5. The van der Waals surface area contributed by atoms with Crippen LogP contribution >= 0.6 is 0 Å². The van der Waals surface area contributed by atoms with Crippen LogP contribution in [0.1, 0.15) is 425 Å². The zero-order valence-electron chi connectivity index (χ0n) is 56.9. The average molecular weight is 1180 g/mol. The van der Waals surface area contributed by atoms with Crippen LogP contribution in [-0.2, 0) is 14.3 Å². The monoisotopic (exact) mass is 1180 g/mol. The first-order valence-electron chi connectivity index (χ1n) is 38.3. The molecule has 0 aromatic heterocycles. The molecule has 0 radical (unpaired) electrons. The molecule has 0 saturated carbocycles. The molecule has 6 nitrogen and oxygen atoms in total. The lowest BCUT2D eigenvalue weighted by molar-refractivity contribution is -0.143. The molecule has 0 aromatic carbocycles. The van der Waals surface area contributed by atoms with E-state index >= 15 is 0 Å². The van der Waals surface area contributed by atoms with Crippen LogP contribution in [-0.4, -0.2) is 47.4 Å². The van der Waals surface area contributed by atoms with Gasteiger partial charge >= 0.3 is 5.97 Å². The molecule has 0 fully saturated rings. The number of hydrogen-bond acceptors (Lipinski definition) is 5. The minimum atomic E-state index is -0.845. The van der Waals surface area contributed by atoms with Crippen molar-refractivity contribution >= 4 is 11.9 Å². The number of hydrogen-bond donors (Lipinski definition) is 3. The number of nitrogens with one attached hydrogen (secondary N) is 1. The van der Waals surface area contributed by atoms with Gasteiger partial charge in [0, 0.05) is 12.8 Å². The number of esters is 1. The maximum absolute atomic E-state index is 12.5. The summed E-state index contributed by atoms with van der Waals surface area (Å²) in [6, 6.07) is -0.629. The highest BCUT2D eigenvalue weighted by Gasteiger charge is 2.18. The third-order valence-corrected chi connectivity index (χ3v) is 17.9. The van der Waals surface area contributed by atoms with E-state index in [2.05, 4.69) is 43.5 Å². The van der Waals surface area contributed by atoms with Gasteiger partial charge in [0.05, 0.1) is 25.4 Å². The predicted molar refractivity (Wildman–Crippen MR) is 370 cm³/mol. The molecule has 0 saturated heterocycles. The van der Waals surface area contributed by atoms with Crippen LogP contribution in [0.2, 0.25) is 0 Å². The Morgan fingerprint density at radius 1 is 0.321 bits per heavy atom. The van der Waals surface area contributed by atoms with Crippen molar-refractivity contribution in [3.05, 3.63) is 36.5 Å². The number of carbonyl (C=O) groups is 2. The molecule has 0 rings (SSSR count). The zero-order chi connectivity index (χ0) is 60.6. The summed E-state index contributed by atoms with van der Waals surface area (Å²) in [6.07, 6.45) is 95.3. The number of carbonyl (C=O) groups excluding carboxylic acids is 2. The first-order valence-corrected chi connectivity index (χ1v) is 38.3. The van der Waals surface area contributed by atoms with Crippen molar-refractivity contribution in [2.24, 2.45) is 0 Å². The molecule has 496 valence electrons. The fraction of sp³-hybridized carbons (Fsp3) is 0.897. The van der Waals surface area contributed by atoms with Gasteiger partial charge in [-0.2, -0.15) is 0 Å². The Kier molecular flexibility index (Phi) is 71.9. The molecule has 2 atom stereocenters. The van der Waals surface area contributed by atoms with Gasteiger partial charge in [-0.25, -0.2) is 0 Å². The first-order chi connectivity index (χ1) is 41.5. The largest absolute Gasteiger partial charge is 0.466 e. The van der Waals surface area contributed by atoms with Crippen molar-refractivity contribution in [1.29, 1.82) is 0 Å². The fourth-order valence-corrected chi connectivity index (χ4v) is 12.0. The van der Waals surface area contributed by atoms with E-state index in [9.17, 15) is 19.8 Å². The molecule has 0 aromatic rings. The molecule has 0 bridgehead atoms. The van der Waals surface area contributed by atoms with Crippen molar-refractivity contribution in [1.82, 2.24) is 5.32 Å². The van der Waals surface area contributed by atoms with Gasteiger partial charge in [-0.1, -0.05) is 365 Å². The lowest BCUT2D eigenvalue weighted by Crippen LogP contribution is -2.45. The Hall–Kier alpha value is -1.92. The highest BCUT2D eigenvalue weighted by Crippen LogP contribution is 2.19. The van der Waals surface area contributed by atoms with Gasteiger partial charge in [-0.3, -0.25) is 9.59 Å². The number of allylic oxidation sites excluding steroid dienone is 5. The molecule has 0 heterocycles. The second kappa shape index (κ2) is 73.5. The molecule has 0 aliphatic rings. The SMILES string of the molecule is CCCCCCCCC/C=C\CCCCCCCC(=O)OCCCCCCCCCCCCCC/C=C\CCCCCCCCCCCCCCCC(=O)NC(CO)C(O)/C=C/CCCCCCCCCCCCCCCCCCCCCC. The van der Waals surface area contributed by atoms with Gasteiger partial charge in [0.25, 0.3) is 0 Å². The van der Waals surface area contributed by atoms with Gasteiger partial charge in [0.2, 0.25) is 5.91 Å². The van der Waals surface area contributed by atoms with E-state index in [4.69, 9.17) is 4.74 Å². The minimum absolute atomic E-state index is 0.00947. The predicted octanol–water partition coefficient (Wildman–Crippen LogP) is 25.0. The Labute approximate surface area is 525 Å². The fourth-order valence-electron chi connectivity index (χ4n) is 12.0. The van der Waals surface area contributed by atoms with Crippen molar-refractivity contribution in [2.75, 3.05) is 13.2 Å². The van der Waals surface area contributed by atoms with Crippen molar-refractivity contribution in [3.63, 3.8) is 0 Å². The number of aliphatic hydroxyl groups excluding tert-OH is 2. The summed E-state index contributed by atoms with van der Waals surface area (Å²) < 4.78 is 5.50. The number of ether oxygens (including phenoxy) is 1. The second-order valence-corrected chi connectivity index (χ2v) is 26.3. The minimum Gasteiger partial charge on any atom is -0.466 e. The summed E-state index contributed by atoms with van der Waals surface area (Å²) in [5, 5.41) is 23.3. The third kappa shape index (κ3) is 69.2. The molecule has 84 heavy (non-hydrogen) atoms. The van der Waals surface area contributed by atoms with E-state index in [-0.39, 0.29) is 18.5 Å². The number of amides is 1. The van der Waals surface area contributed by atoms with Crippen molar-refractivity contribution in [3.8, 4) is 0 Å². The Morgan fingerprint density at radius 2 is 0.560 bits per heavy atom. The molecular weight excluding hydrogens is 1030 g/mol. The normalized spacial score (nSPS) is 12.7. The molecule has 1 amide bonds. The van der Waals surface area contributed by atoms with E-state index in [1.54, 1.807) is 6.08 Å². The molecule has 0 aliphatic heterocycles. The number of unbranched alkanes of at least 4 members (excludes halogenated alkanes) is 57. The molecule has 0 aliphatic carbocycles. The third-order valence-electron chi connectivity index (χ3n) is 17.9. The van der Waals surface area contributed by atoms with E-state index < -0.39 is 12.1 Å². The quantitative estimate of drug-likeness (QED) is 0.0320. The summed E-state index contributed by atoms with van der Waals surface area (Å²) in [5.74, 6) is -0.0534. The molecule has 0 spiro atoms. The van der Waals surface area contributed by atoms with Crippen molar-refractivity contribution in [2.45, 2.75) is 437 Å². The standard InChI is InChI=1S/C78H149NO5/c1-3-5-7-9-11-13-15-17-19-21-22-23-33-36-39-42-46-50-54-58-62-66-70-76(81)75(74-80)79-77(82)71-67-63-59-55-51-47-43-40-37-34-31-29-27-25-24-26-28-30-32-35-38-41-45-49-53-57-61-65-69-73-84-78(83)72-68-64-60-56-52-48-44-20-18-16-14-12-10-8-6-4-2/h20,24,26,44,66,70,75-76,80-81H,3-19,21-23,25,27-43,45-65,67-69,71-74H2,1-2H3,(H,79,82)/b26-24-,44-20-,70-66+. The topological polar surface area (TPSA) is 95.9 Å². The average Bonchev–Trinajstić information content (AvgIpc) is 3.51. The van der Waals surface area contributed by atoms with Crippen LogP contribution in [0.3, 0.4) is 0 Å². The summed E-state index contributed by atoms with van der Waals surface area (Å²) >= 11 is 0. The van der Waals surface area contributed by atoms with Crippen LogP contribution in [0.25, 0.3) is 0 Å². The number of rotatable bonds is 72. The molecule has 2 unspecified atom stereocenters. The van der Waals surface area contributed by atoms with Gasteiger partial charge < -0.3 is 20.3 Å². The van der Waals surface area contributed by atoms with Gasteiger partial charge in [-0.15, -0.1) is 0 Å². The smallest absolute Gasteiger partial charge is 0.305 e.